The summed E-state index contributed by atoms with van der Waals surface area (Å²) in [5.74, 6) is 1.53. The average Bonchev–Trinajstić information content (AvgIpc) is 3.20. The Morgan fingerprint density at radius 1 is 1.14 bits per heavy atom. The predicted octanol–water partition coefficient (Wildman–Crippen LogP) is 4.89. The zero-order valence-electron chi connectivity index (χ0n) is 16.4. The molecule has 0 spiro atoms. The van der Waals surface area contributed by atoms with Crippen molar-refractivity contribution in [3.05, 3.63) is 53.1 Å². The molecule has 150 valence electrons. The Morgan fingerprint density at radius 3 is 2.72 bits per heavy atom. The lowest BCUT2D eigenvalue weighted by Crippen LogP contribution is -2.38. The Kier molecular flexibility index (Phi) is 5.04. The molecule has 0 N–H and O–H groups in total. The summed E-state index contributed by atoms with van der Waals surface area (Å²) in [7, 11) is 1.80. The molecule has 0 aliphatic carbocycles. The van der Waals surface area contributed by atoms with Crippen LogP contribution in [0.1, 0.15) is 18.4 Å². The van der Waals surface area contributed by atoms with Crippen LogP contribution in [0.4, 0.5) is 0 Å². The fourth-order valence-corrected chi connectivity index (χ4v) is 4.30. The summed E-state index contributed by atoms with van der Waals surface area (Å²) >= 11 is 6.11. The molecular formula is C23H23ClN2O3. The lowest BCUT2D eigenvalue weighted by molar-refractivity contribution is 0.0286. The number of aromatic nitrogens is 1. The van der Waals surface area contributed by atoms with Crippen LogP contribution in [0.15, 0.2) is 42.5 Å². The van der Waals surface area contributed by atoms with E-state index in [1.54, 1.807) is 7.11 Å². The number of likely N-dealkylation sites (tertiary alicyclic amines) is 1. The molecule has 3 aromatic rings. The molecule has 1 fully saturated rings. The van der Waals surface area contributed by atoms with Crippen molar-refractivity contribution in [2.75, 3.05) is 27.0 Å². The Labute approximate surface area is 175 Å². The molecule has 0 amide bonds. The summed E-state index contributed by atoms with van der Waals surface area (Å²) < 4.78 is 16.7. The van der Waals surface area contributed by atoms with Crippen molar-refractivity contribution in [3.63, 3.8) is 0 Å². The number of methoxy groups -OCH3 is 1. The molecule has 5 nitrogen and oxygen atoms in total. The van der Waals surface area contributed by atoms with Crippen LogP contribution < -0.4 is 9.47 Å². The first kappa shape index (κ1) is 18.7. The lowest BCUT2D eigenvalue weighted by Gasteiger charge is -2.32. The second kappa shape index (κ2) is 7.82. The average molecular weight is 411 g/mol. The number of hydrogen-bond acceptors (Lipinski definition) is 5. The summed E-state index contributed by atoms with van der Waals surface area (Å²) in [6, 6.07) is 14.1. The number of ether oxygens (including phenoxy) is 3. The molecule has 29 heavy (non-hydrogen) atoms. The molecular weight excluding hydrogens is 388 g/mol. The van der Waals surface area contributed by atoms with Gasteiger partial charge in [-0.25, -0.2) is 4.98 Å². The van der Waals surface area contributed by atoms with Gasteiger partial charge in [0.05, 0.1) is 17.3 Å². The molecule has 0 saturated carbocycles. The molecule has 3 heterocycles. The third-order valence-corrected chi connectivity index (χ3v) is 5.95. The summed E-state index contributed by atoms with van der Waals surface area (Å²) in [4.78, 5) is 7.47. The van der Waals surface area contributed by atoms with Gasteiger partial charge in [-0.05, 0) is 49.2 Å². The molecule has 0 bridgehead atoms. The van der Waals surface area contributed by atoms with Gasteiger partial charge < -0.3 is 14.2 Å². The monoisotopic (exact) mass is 410 g/mol. The normalized spacial score (nSPS) is 19.0. The molecule has 6 heteroatoms. The van der Waals surface area contributed by atoms with E-state index in [9.17, 15) is 0 Å². The summed E-state index contributed by atoms with van der Waals surface area (Å²) in [5, 5.41) is 1.78. The van der Waals surface area contributed by atoms with Crippen molar-refractivity contribution < 1.29 is 14.2 Å². The quantitative estimate of drug-likeness (QED) is 0.612. The van der Waals surface area contributed by atoms with E-state index in [0.29, 0.717) is 6.10 Å². The summed E-state index contributed by atoms with van der Waals surface area (Å²) in [6.45, 7) is 3.10. The molecule has 5 rings (SSSR count). The number of rotatable bonds is 4. The van der Waals surface area contributed by atoms with E-state index in [1.807, 2.05) is 36.4 Å². The second-order valence-electron chi connectivity index (χ2n) is 7.64. The first-order valence-electron chi connectivity index (χ1n) is 9.94. The van der Waals surface area contributed by atoms with Gasteiger partial charge in [0.15, 0.2) is 11.5 Å². The number of nitrogens with zero attached hydrogens (tertiary/aromatic N) is 2. The van der Waals surface area contributed by atoms with E-state index in [0.717, 1.165) is 71.2 Å². The van der Waals surface area contributed by atoms with Crippen LogP contribution in [0.3, 0.4) is 0 Å². The van der Waals surface area contributed by atoms with Gasteiger partial charge in [-0.1, -0.05) is 23.7 Å². The maximum atomic E-state index is 6.11. The van der Waals surface area contributed by atoms with Gasteiger partial charge in [-0.2, -0.15) is 0 Å². The van der Waals surface area contributed by atoms with Crippen LogP contribution >= 0.6 is 11.6 Å². The standard InChI is InChI=1S/C23H23ClN2O3/c1-27-19-3-2-8-26(13-19)12-17-9-16-10-21-22(29-14-28-21)11-20(16)25-23(17)15-4-6-18(24)7-5-15/h4-7,9-11,19H,2-3,8,12-14H2,1H3/t19-/m0/s1. The summed E-state index contributed by atoms with van der Waals surface area (Å²) in [5.41, 5.74) is 4.13. The first-order valence-corrected chi connectivity index (χ1v) is 10.3. The van der Waals surface area contributed by atoms with Crippen LogP contribution in [0.25, 0.3) is 22.2 Å². The van der Waals surface area contributed by atoms with E-state index in [2.05, 4.69) is 11.0 Å². The highest BCUT2D eigenvalue weighted by molar-refractivity contribution is 6.30. The molecule has 2 aliphatic heterocycles. The minimum atomic E-state index is 0.259. The third-order valence-electron chi connectivity index (χ3n) is 5.70. The lowest BCUT2D eigenvalue weighted by atomic mass is 10.0. The maximum absolute atomic E-state index is 6.11. The van der Waals surface area contributed by atoms with Crippen LogP contribution in [0.5, 0.6) is 11.5 Å². The smallest absolute Gasteiger partial charge is 0.231 e. The van der Waals surface area contributed by atoms with Crippen LogP contribution in [0, 0.1) is 0 Å². The number of benzene rings is 2. The molecule has 2 aromatic carbocycles. The highest BCUT2D eigenvalue weighted by Gasteiger charge is 2.22. The fourth-order valence-electron chi connectivity index (χ4n) is 4.18. The summed E-state index contributed by atoms with van der Waals surface area (Å²) in [6.07, 6.45) is 2.57. The van der Waals surface area contributed by atoms with Gasteiger partial charge in [0.1, 0.15) is 0 Å². The van der Waals surface area contributed by atoms with Crippen LogP contribution in [-0.2, 0) is 11.3 Å². The minimum Gasteiger partial charge on any atom is -0.454 e. The zero-order chi connectivity index (χ0) is 19.8. The number of piperidine rings is 1. The Bertz CT molecular complexity index is 1040. The van der Waals surface area contributed by atoms with E-state index in [1.165, 1.54) is 5.56 Å². The van der Waals surface area contributed by atoms with Crippen molar-refractivity contribution >= 4 is 22.5 Å². The second-order valence-corrected chi connectivity index (χ2v) is 8.07. The van der Waals surface area contributed by atoms with Crippen molar-refractivity contribution in [2.45, 2.75) is 25.5 Å². The van der Waals surface area contributed by atoms with Crippen LogP contribution in [0.2, 0.25) is 5.02 Å². The van der Waals surface area contributed by atoms with Gasteiger partial charge in [0.25, 0.3) is 0 Å². The van der Waals surface area contributed by atoms with Gasteiger partial charge in [0, 0.05) is 42.2 Å². The topological polar surface area (TPSA) is 43.8 Å². The zero-order valence-corrected chi connectivity index (χ0v) is 17.1. The van der Waals surface area contributed by atoms with Crippen molar-refractivity contribution in [1.29, 1.82) is 0 Å². The Morgan fingerprint density at radius 2 is 1.93 bits per heavy atom. The van der Waals surface area contributed by atoms with Crippen molar-refractivity contribution in [1.82, 2.24) is 9.88 Å². The van der Waals surface area contributed by atoms with Gasteiger partial charge in [-0.15, -0.1) is 0 Å². The Hall–Kier alpha value is -2.34. The van der Waals surface area contributed by atoms with E-state index >= 15 is 0 Å². The molecule has 1 atom stereocenters. The molecule has 0 radical (unpaired) electrons. The van der Waals surface area contributed by atoms with E-state index in [-0.39, 0.29) is 6.79 Å². The molecule has 0 unspecified atom stereocenters. The Balaban J connectivity index is 1.58. The molecule has 1 saturated heterocycles. The fraction of sp³-hybridized carbons (Fsp3) is 0.348. The van der Waals surface area contributed by atoms with Crippen molar-refractivity contribution in [3.8, 4) is 22.8 Å². The predicted molar refractivity (Wildman–Crippen MR) is 114 cm³/mol. The van der Waals surface area contributed by atoms with Crippen LogP contribution in [-0.4, -0.2) is 43.0 Å². The maximum Gasteiger partial charge on any atom is 0.231 e. The minimum absolute atomic E-state index is 0.259. The van der Waals surface area contributed by atoms with E-state index < -0.39 is 0 Å². The number of halogens is 1. The first-order chi connectivity index (χ1) is 14.2. The third kappa shape index (κ3) is 3.78. The van der Waals surface area contributed by atoms with E-state index in [4.69, 9.17) is 30.8 Å². The molecule has 2 aliphatic rings. The highest BCUT2D eigenvalue weighted by atomic mass is 35.5. The van der Waals surface area contributed by atoms with Gasteiger partial charge in [0.2, 0.25) is 6.79 Å². The number of hydrogen-bond donors (Lipinski definition) is 0. The SMILES string of the molecule is CO[C@H]1CCCN(Cc2cc3cc4c(cc3nc2-c2ccc(Cl)cc2)OCO4)C1. The number of pyridine rings is 1. The van der Waals surface area contributed by atoms with Crippen molar-refractivity contribution in [2.24, 2.45) is 0 Å². The highest BCUT2D eigenvalue weighted by Crippen LogP contribution is 2.37. The number of fused-ring (bicyclic) bond motifs is 2. The molecule has 1 aromatic heterocycles. The largest absolute Gasteiger partial charge is 0.454 e. The van der Waals surface area contributed by atoms with Gasteiger partial charge in [-0.3, -0.25) is 4.90 Å². The van der Waals surface area contributed by atoms with Gasteiger partial charge >= 0.3 is 0 Å².